The Kier molecular flexibility index (Phi) is 6.71. The molecular weight excluding hydrogens is 396 g/mol. The highest BCUT2D eigenvalue weighted by Crippen LogP contribution is 2.20. The second-order valence-electron chi connectivity index (χ2n) is 6.93. The number of hydrogen-bond acceptors (Lipinski definition) is 5. The van der Waals surface area contributed by atoms with Gasteiger partial charge in [0.25, 0.3) is 0 Å². The lowest BCUT2D eigenvalue weighted by Gasteiger charge is -2.34. The first kappa shape index (κ1) is 20.8. The third kappa shape index (κ3) is 4.72. The van der Waals surface area contributed by atoms with Gasteiger partial charge >= 0.3 is 6.03 Å². The number of benzene rings is 1. The average molecular weight is 423 g/mol. The Bertz CT molecular complexity index is 862. The lowest BCUT2D eigenvalue weighted by atomic mass is 10.1. The van der Waals surface area contributed by atoms with Gasteiger partial charge in [-0.3, -0.25) is 0 Å². The van der Waals surface area contributed by atoms with Crippen LogP contribution >= 0.6 is 11.3 Å². The molecule has 7 nitrogen and oxygen atoms in total. The van der Waals surface area contributed by atoms with Gasteiger partial charge in [0.15, 0.2) is 0 Å². The summed E-state index contributed by atoms with van der Waals surface area (Å²) in [4.78, 5) is 16.6. The Balaban J connectivity index is 1.54. The summed E-state index contributed by atoms with van der Waals surface area (Å²) in [6.07, 6.45) is 0. The van der Waals surface area contributed by atoms with E-state index in [-0.39, 0.29) is 17.0 Å². The summed E-state index contributed by atoms with van der Waals surface area (Å²) in [5, 5.41) is 7.10. The van der Waals surface area contributed by atoms with Gasteiger partial charge in [-0.15, -0.1) is 0 Å². The minimum atomic E-state index is -3.51. The Labute approximate surface area is 170 Å². The summed E-state index contributed by atoms with van der Waals surface area (Å²) in [5.74, 6) is 0. The maximum absolute atomic E-state index is 12.7. The average Bonchev–Trinajstić information content (AvgIpc) is 3.23. The van der Waals surface area contributed by atoms with E-state index in [2.05, 4.69) is 21.7 Å². The topological polar surface area (TPSA) is 73.0 Å². The lowest BCUT2D eigenvalue weighted by molar-refractivity contribution is 0.168. The zero-order valence-electron chi connectivity index (χ0n) is 16.1. The monoisotopic (exact) mass is 422 g/mol. The van der Waals surface area contributed by atoms with Crippen molar-refractivity contribution in [3.63, 3.8) is 0 Å². The predicted octanol–water partition coefficient (Wildman–Crippen LogP) is 2.07. The fourth-order valence-electron chi connectivity index (χ4n) is 3.23. The number of amides is 2. The molecule has 0 radical (unpaired) electrons. The summed E-state index contributed by atoms with van der Waals surface area (Å²) in [5.41, 5.74) is 1.18. The highest BCUT2D eigenvalue weighted by molar-refractivity contribution is 7.89. The molecule has 28 heavy (non-hydrogen) atoms. The van der Waals surface area contributed by atoms with Crippen LogP contribution in [-0.4, -0.2) is 75.4 Å². The van der Waals surface area contributed by atoms with Crippen molar-refractivity contribution in [2.24, 2.45) is 0 Å². The number of nitrogens with one attached hydrogen (secondary N) is 1. The van der Waals surface area contributed by atoms with E-state index in [1.165, 1.54) is 9.87 Å². The Morgan fingerprint density at radius 2 is 1.82 bits per heavy atom. The highest BCUT2D eigenvalue weighted by Gasteiger charge is 2.30. The summed E-state index contributed by atoms with van der Waals surface area (Å²) in [6.45, 7) is 1.86. The number of likely N-dealkylation sites (N-methyl/N-ethyl adjacent to an activating group) is 1. The Morgan fingerprint density at radius 3 is 2.39 bits per heavy atom. The predicted molar refractivity (Wildman–Crippen MR) is 111 cm³/mol. The van der Waals surface area contributed by atoms with Crippen LogP contribution in [0, 0.1) is 0 Å². The van der Waals surface area contributed by atoms with Crippen molar-refractivity contribution in [3.05, 3.63) is 52.7 Å². The van der Waals surface area contributed by atoms with Crippen molar-refractivity contribution in [2.75, 3.05) is 46.8 Å². The van der Waals surface area contributed by atoms with E-state index in [0.717, 1.165) is 0 Å². The third-order valence-corrected chi connectivity index (χ3v) is 7.52. The van der Waals surface area contributed by atoms with Crippen molar-refractivity contribution >= 4 is 27.4 Å². The van der Waals surface area contributed by atoms with Crippen molar-refractivity contribution in [2.45, 2.75) is 10.9 Å². The summed E-state index contributed by atoms with van der Waals surface area (Å²) in [6, 6.07) is 10.4. The molecule has 152 valence electrons. The molecule has 1 unspecified atom stereocenters. The number of nitrogens with zero attached hydrogens (tertiary/aromatic N) is 3. The molecule has 2 amide bonds. The minimum Gasteiger partial charge on any atom is -0.336 e. The van der Waals surface area contributed by atoms with E-state index >= 15 is 0 Å². The van der Waals surface area contributed by atoms with Crippen molar-refractivity contribution in [1.29, 1.82) is 0 Å². The number of urea groups is 1. The fraction of sp³-hybridized carbons (Fsp3) is 0.421. The van der Waals surface area contributed by atoms with Gasteiger partial charge in [0.05, 0.1) is 10.9 Å². The first-order chi connectivity index (χ1) is 13.4. The van der Waals surface area contributed by atoms with Gasteiger partial charge in [0.2, 0.25) is 10.0 Å². The third-order valence-electron chi connectivity index (χ3n) is 4.90. The van der Waals surface area contributed by atoms with Crippen molar-refractivity contribution in [3.8, 4) is 0 Å². The molecule has 0 bridgehead atoms. The number of thiophene rings is 1. The number of carbonyl (C=O) groups excluding carboxylic acids is 1. The number of hydrogen-bond donors (Lipinski definition) is 1. The highest BCUT2D eigenvalue weighted by atomic mass is 32.2. The molecule has 0 spiro atoms. The lowest BCUT2D eigenvalue weighted by Crippen LogP contribution is -2.53. The smallest absolute Gasteiger partial charge is 0.317 e. The van der Waals surface area contributed by atoms with Gasteiger partial charge in [0, 0.05) is 32.7 Å². The van der Waals surface area contributed by atoms with Gasteiger partial charge in [0.1, 0.15) is 0 Å². The van der Waals surface area contributed by atoms with Crippen LogP contribution in [0.5, 0.6) is 0 Å². The molecule has 1 aromatic heterocycles. The van der Waals surface area contributed by atoms with Crippen LogP contribution in [0.15, 0.2) is 52.1 Å². The standard InChI is InChI=1S/C19H26N4O3S2/c1-21(2)18(16-8-13-27-15-16)14-20-19(24)22-9-11-23(12-10-22)28(25,26)17-6-4-3-5-7-17/h3-8,13,15,18H,9-12,14H2,1-2H3,(H,20,24). The molecule has 1 aliphatic rings. The van der Waals surface area contributed by atoms with Crippen LogP contribution < -0.4 is 5.32 Å². The van der Waals surface area contributed by atoms with Crippen LogP contribution in [-0.2, 0) is 10.0 Å². The van der Waals surface area contributed by atoms with Crippen molar-refractivity contribution < 1.29 is 13.2 Å². The first-order valence-electron chi connectivity index (χ1n) is 9.16. The molecule has 1 fully saturated rings. The van der Waals surface area contributed by atoms with E-state index in [1.807, 2.05) is 19.5 Å². The Morgan fingerprint density at radius 1 is 1.14 bits per heavy atom. The molecular formula is C19H26N4O3S2. The maximum atomic E-state index is 12.7. The minimum absolute atomic E-state index is 0.106. The van der Waals surface area contributed by atoms with Crippen LogP contribution in [0.3, 0.4) is 0 Å². The van der Waals surface area contributed by atoms with E-state index in [9.17, 15) is 13.2 Å². The second-order valence-corrected chi connectivity index (χ2v) is 9.64. The molecule has 1 aliphatic heterocycles. The summed E-state index contributed by atoms with van der Waals surface area (Å²) < 4.78 is 26.8. The van der Waals surface area contributed by atoms with E-state index < -0.39 is 10.0 Å². The van der Waals surface area contributed by atoms with Gasteiger partial charge in [-0.25, -0.2) is 13.2 Å². The number of piperazine rings is 1. The molecule has 3 rings (SSSR count). The van der Waals surface area contributed by atoms with E-state index in [0.29, 0.717) is 32.7 Å². The van der Waals surface area contributed by atoms with Gasteiger partial charge in [-0.1, -0.05) is 18.2 Å². The molecule has 9 heteroatoms. The van der Waals surface area contributed by atoms with E-state index in [1.54, 1.807) is 46.6 Å². The second kappa shape index (κ2) is 9.04. The van der Waals surface area contributed by atoms with E-state index in [4.69, 9.17) is 0 Å². The van der Waals surface area contributed by atoms with Gasteiger partial charge in [-0.05, 0) is 48.6 Å². The Hall–Kier alpha value is -1.94. The molecule has 1 saturated heterocycles. The van der Waals surface area contributed by atoms with Gasteiger partial charge < -0.3 is 15.1 Å². The van der Waals surface area contributed by atoms with Crippen LogP contribution in [0.25, 0.3) is 0 Å². The number of rotatable bonds is 6. The fourth-order valence-corrected chi connectivity index (χ4v) is 5.38. The quantitative estimate of drug-likeness (QED) is 0.774. The molecule has 0 aliphatic carbocycles. The molecule has 1 atom stereocenters. The maximum Gasteiger partial charge on any atom is 0.317 e. The van der Waals surface area contributed by atoms with Crippen LogP contribution in [0.2, 0.25) is 0 Å². The number of sulfonamides is 1. The summed E-state index contributed by atoms with van der Waals surface area (Å²) in [7, 11) is 0.467. The summed E-state index contributed by atoms with van der Waals surface area (Å²) >= 11 is 1.64. The van der Waals surface area contributed by atoms with Crippen LogP contribution in [0.1, 0.15) is 11.6 Å². The number of carbonyl (C=O) groups is 1. The zero-order valence-corrected chi connectivity index (χ0v) is 17.7. The largest absolute Gasteiger partial charge is 0.336 e. The molecule has 1 N–H and O–H groups in total. The van der Waals surface area contributed by atoms with Crippen molar-refractivity contribution in [1.82, 2.24) is 19.4 Å². The normalized spacial score (nSPS) is 16.9. The van der Waals surface area contributed by atoms with Crippen LogP contribution in [0.4, 0.5) is 4.79 Å². The molecule has 1 aromatic carbocycles. The SMILES string of the molecule is CN(C)C(CNC(=O)N1CCN(S(=O)(=O)c2ccccc2)CC1)c1ccsc1. The first-order valence-corrected chi connectivity index (χ1v) is 11.5. The molecule has 2 aromatic rings. The molecule has 2 heterocycles. The molecule has 0 saturated carbocycles. The zero-order chi connectivity index (χ0) is 20.1. The van der Waals surface area contributed by atoms with Gasteiger partial charge in [-0.2, -0.15) is 15.6 Å².